The van der Waals surface area contributed by atoms with Gasteiger partial charge in [0, 0.05) is 25.5 Å². The number of nitrogens with zero attached hydrogens (tertiary/aromatic N) is 1. The Hall–Kier alpha value is -2.65. The highest BCUT2D eigenvalue weighted by Crippen LogP contribution is 2.28. The Morgan fingerprint density at radius 3 is 2.41 bits per heavy atom. The molecule has 2 aromatic carbocycles. The van der Waals surface area contributed by atoms with Crippen molar-refractivity contribution in [2.24, 2.45) is 0 Å². The fourth-order valence-electron chi connectivity index (χ4n) is 2.24. The number of rotatable bonds is 7. The van der Waals surface area contributed by atoms with Crippen LogP contribution in [0.15, 0.2) is 41.3 Å². The lowest BCUT2D eigenvalue weighted by molar-refractivity contribution is -0.114. The van der Waals surface area contributed by atoms with Gasteiger partial charge >= 0.3 is 0 Å². The van der Waals surface area contributed by atoms with Crippen molar-refractivity contribution in [3.63, 3.8) is 0 Å². The Bertz CT molecular complexity index is 946. The molecule has 7 nitrogen and oxygen atoms in total. The van der Waals surface area contributed by atoms with Gasteiger partial charge in [0.2, 0.25) is 15.9 Å². The van der Waals surface area contributed by atoms with Crippen molar-refractivity contribution in [3.05, 3.63) is 47.8 Å². The summed E-state index contributed by atoms with van der Waals surface area (Å²) in [5.41, 5.74) is 1.29. The van der Waals surface area contributed by atoms with Crippen LogP contribution >= 0.6 is 0 Å². The van der Waals surface area contributed by atoms with E-state index in [9.17, 15) is 17.6 Å². The fourth-order valence-corrected chi connectivity index (χ4v) is 3.32. The van der Waals surface area contributed by atoms with Gasteiger partial charge in [-0.05, 0) is 42.8 Å². The number of sulfonamides is 1. The first-order chi connectivity index (χ1) is 12.6. The van der Waals surface area contributed by atoms with Crippen LogP contribution in [0.1, 0.15) is 5.56 Å². The van der Waals surface area contributed by atoms with Crippen molar-refractivity contribution in [1.82, 2.24) is 4.31 Å². The highest BCUT2D eigenvalue weighted by atomic mass is 32.2. The topological polar surface area (TPSA) is 87.7 Å². The van der Waals surface area contributed by atoms with Gasteiger partial charge in [-0.3, -0.25) is 4.79 Å². The molecule has 9 heteroatoms. The lowest BCUT2D eigenvalue weighted by atomic mass is 10.2. The minimum atomic E-state index is -3.74. The predicted octanol–water partition coefficient (Wildman–Crippen LogP) is 2.44. The number of halogens is 1. The Labute approximate surface area is 158 Å². The van der Waals surface area contributed by atoms with Gasteiger partial charge < -0.3 is 15.4 Å². The van der Waals surface area contributed by atoms with Crippen LogP contribution < -0.4 is 15.4 Å². The smallest absolute Gasteiger partial charge is 0.246 e. The number of carbonyl (C=O) groups excluding carboxylic acids is 1. The van der Waals surface area contributed by atoms with E-state index in [4.69, 9.17) is 4.74 Å². The van der Waals surface area contributed by atoms with Crippen LogP contribution in [-0.2, 0) is 14.8 Å². The summed E-state index contributed by atoms with van der Waals surface area (Å²) in [5.74, 6) is -0.599. The SMILES string of the molecule is COc1ccc(NC(=O)CNc2ccc(C)c(F)c2)cc1S(=O)(=O)N(C)C. The van der Waals surface area contributed by atoms with Crippen molar-refractivity contribution in [1.29, 1.82) is 0 Å². The summed E-state index contributed by atoms with van der Waals surface area (Å²) in [6.45, 7) is 1.54. The number of aryl methyl sites for hydroxylation is 1. The van der Waals surface area contributed by atoms with Crippen LogP contribution in [-0.4, -0.2) is 46.4 Å². The monoisotopic (exact) mass is 395 g/mol. The van der Waals surface area contributed by atoms with E-state index in [0.717, 1.165) is 4.31 Å². The Morgan fingerprint density at radius 2 is 1.81 bits per heavy atom. The largest absolute Gasteiger partial charge is 0.495 e. The molecule has 1 amide bonds. The molecule has 0 aliphatic carbocycles. The van der Waals surface area contributed by atoms with Crippen LogP contribution in [0.2, 0.25) is 0 Å². The summed E-state index contributed by atoms with van der Waals surface area (Å²) in [4.78, 5) is 12.1. The number of ether oxygens (including phenoxy) is 1. The number of anilines is 2. The van der Waals surface area contributed by atoms with Crippen LogP contribution in [0.5, 0.6) is 5.75 Å². The van der Waals surface area contributed by atoms with Gasteiger partial charge in [0.1, 0.15) is 16.5 Å². The van der Waals surface area contributed by atoms with Crippen LogP contribution in [0.3, 0.4) is 0 Å². The van der Waals surface area contributed by atoms with Gasteiger partial charge in [-0.2, -0.15) is 0 Å². The van der Waals surface area contributed by atoms with E-state index in [-0.39, 0.29) is 23.0 Å². The number of hydrogen-bond donors (Lipinski definition) is 2. The second-order valence-corrected chi connectivity index (χ2v) is 8.14. The minimum absolute atomic E-state index is 0.0543. The molecule has 0 atom stereocenters. The summed E-state index contributed by atoms with van der Waals surface area (Å²) in [5, 5.41) is 5.42. The summed E-state index contributed by atoms with van der Waals surface area (Å²) in [7, 11) is 0.440. The Morgan fingerprint density at radius 1 is 1.15 bits per heavy atom. The minimum Gasteiger partial charge on any atom is -0.495 e. The molecule has 0 aromatic heterocycles. The zero-order chi connectivity index (χ0) is 20.2. The molecule has 0 aliphatic heterocycles. The third-order valence-electron chi connectivity index (χ3n) is 3.83. The number of hydrogen-bond acceptors (Lipinski definition) is 5. The second kappa shape index (κ2) is 8.36. The highest BCUT2D eigenvalue weighted by Gasteiger charge is 2.23. The van der Waals surface area contributed by atoms with Crippen LogP contribution in [0, 0.1) is 12.7 Å². The van der Waals surface area contributed by atoms with Gasteiger partial charge in [-0.1, -0.05) is 6.07 Å². The molecule has 2 rings (SSSR count). The predicted molar refractivity (Wildman–Crippen MR) is 102 cm³/mol. The molecule has 0 fully saturated rings. The zero-order valence-corrected chi connectivity index (χ0v) is 16.4. The van der Waals surface area contributed by atoms with Gasteiger partial charge in [0.15, 0.2) is 0 Å². The molecule has 2 aromatic rings. The highest BCUT2D eigenvalue weighted by molar-refractivity contribution is 7.89. The molecule has 0 heterocycles. The summed E-state index contributed by atoms with van der Waals surface area (Å²) in [6.07, 6.45) is 0. The molecule has 0 unspecified atom stereocenters. The van der Waals surface area contributed by atoms with E-state index < -0.39 is 15.9 Å². The number of nitrogens with one attached hydrogen (secondary N) is 2. The van der Waals surface area contributed by atoms with Crippen LogP contribution in [0.25, 0.3) is 0 Å². The maximum Gasteiger partial charge on any atom is 0.246 e. The molecule has 27 heavy (non-hydrogen) atoms. The zero-order valence-electron chi connectivity index (χ0n) is 15.5. The number of carbonyl (C=O) groups is 1. The van der Waals surface area contributed by atoms with Crippen molar-refractivity contribution >= 4 is 27.3 Å². The normalized spacial score (nSPS) is 11.3. The average Bonchev–Trinajstić information content (AvgIpc) is 2.62. The second-order valence-electron chi connectivity index (χ2n) is 6.02. The van der Waals surface area contributed by atoms with E-state index in [2.05, 4.69) is 10.6 Å². The van der Waals surface area contributed by atoms with E-state index in [0.29, 0.717) is 16.9 Å². The standard InChI is InChI=1S/C18H22FN3O4S/c1-12-5-6-13(9-15(12)19)20-11-18(23)21-14-7-8-16(26-4)17(10-14)27(24,25)22(2)3/h5-10,20H,11H2,1-4H3,(H,21,23). The maximum atomic E-state index is 13.5. The first-order valence-corrected chi connectivity index (χ1v) is 9.49. The number of methoxy groups -OCH3 is 1. The average molecular weight is 395 g/mol. The Balaban J connectivity index is 2.12. The summed E-state index contributed by atoms with van der Waals surface area (Å²) in [6, 6.07) is 8.92. The van der Waals surface area contributed by atoms with Gasteiger partial charge in [0.05, 0.1) is 13.7 Å². The molecular weight excluding hydrogens is 373 g/mol. The number of benzene rings is 2. The van der Waals surface area contributed by atoms with E-state index in [1.165, 1.54) is 45.5 Å². The van der Waals surface area contributed by atoms with Crippen molar-refractivity contribution < 1.29 is 22.3 Å². The van der Waals surface area contributed by atoms with Gasteiger partial charge in [-0.25, -0.2) is 17.1 Å². The molecule has 2 N–H and O–H groups in total. The van der Waals surface area contributed by atoms with Crippen molar-refractivity contribution in [2.45, 2.75) is 11.8 Å². The summed E-state index contributed by atoms with van der Waals surface area (Å²) < 4.78 is 44.5. The molecule has 146 valence electrons. The molecule has 0 radical (unpaired) electrons. The molecule has 0 saturated heterocycles. The Kier molecular flexibility index (Phi) is 6.40. The molecular formula is C18H22FN3O4S. The molecule has 0 saturated carbocycles. The van der Waals surface area contributed by atoms with Crippen LogP contribution in [0.4, 0.5) is 15.8 Å². The third-order valence-corrected chi connectivity index (χ3v) is 5.67. The fraction of sp³-hybridized carbons (Fsp3) is 0.278. The van der Waals surface area contributed by atoms with Gasteiger partial charge in [0.25, 0.3) is 0 Å². The van der Waals surface area contributed by atoms with Crippen molar-refractivity contribution in [2.75, 3.05) is 38.4 Å². The first-order valence-electron chi connectivity index (χ1n) is 8.05. The van der Waals surface area contributed by atoms with E-state index >= 15 is 0 Å². The maximum absolute atomic E-state index is 13.5. The third kappa shape index (κ3) is 4.95. The summed E-state index contributed by atoms with van der Waals surface area (Å²) >= 11 is 0. The first kappa shape index (κ1) is 20.7. The molecule has 0 bridgehead atoms. The molecule has 0 aliphatic rings. The quantitative estimate of drug-likeness (QED) is 0.752. The lowest BCUT2D eigenvalue weighted by Crippen LogP contribution is -2.24. The van der Waals surface area contributed by atoms with Gasteiger partial charge in [-0.15, -0.1) is 0 Å². The van der Waals surface area contributed by atoms with E-state index in [1.54, 1.807) is 19.1 Å². The van der Waals surface area contributed by atoms with E-state index in [1.807, 2.05) is 0 Å². The lowest BCUT2D eigenvalue weighted by Gasteiger charge is -2.16. The van der Waals surface area contributed by atoms with Crippen molar-refractivity contribution in [3.8, 4) is 5.75 Å². The number of amides is 1. The molecule has 0 spiro atoms.